The molecule has 1 aromatic heterocycles. The maximum atomic E-state index is 12.1. The van der Waals surface area contributed by atoms with Crippen molar-refractivity contribution >= 4 is 18.1 Å². The Kier molecular flexibility index (Phi) is 6.35. The van der Waals surface area contributed by atoms with Gasteiger partial charge >= 0.3 is 0 Å². The summed E-state index contributed by atoms with van der Waals surface area (Å²) in [5.41, 5.74) is 11.4. The molecule has 166 valence electrons. The van der Waals surface area contributed by atoms with Crippen LogP contribution in [0.15, 0.2) is 35.5 Å². The predicted octanol–water partition coefficient (Wildman–Crippen LogP) is 1.43. The molecule has 0 spiro atoms. The number of benzene rings is 1. The molecule has 2 aromatic rings. The average molecular weight is 434 g/mol. The van der Waals surface area contributed by atoms with Gasteiger partial charge in [0.15, 0.2) is 0 Å². The van der Waals surface area contributed by atoms with Gasteiger partial charge in [0.05, 0.1) is 12.1 Å². The number of aliphatic imine (C=N–C) groups is 1. The number of nitriles is 1. The standard InChI is InChI=1S/C23H27N7O2/c1-2-7-26-22-18(12-24)11-20(14-27-22)23(28-15-29-32-23)19-4-3-16-5-8-30(21(31)13-25)9-6-17(16)10-19/h3-4,10-11,14-15H,2,5-9,13,25H2,1H3,(H,26,27)(H,28,29). The molecule has 1 aromatic carbocycles. The lowest BCUT2D eigenvalue weighted by Crippen LogP contribution is -2.37. The van der Waals surface area contributed by atoms with Crippen molar-refractivity contribution in [1.29, 1.82) is 5.26 Å². The Balaban J connectivity index is 1.69. The lowest BCUT2D eigenvalue weighted by Gasteiger charge is -2.26. The molecule has 0 fully saturated rings. The van der Waals surface area contributed by atoms with E-state index in [2.05, 4.69) is 45.9 Å². The quantitative estimate of drug-likeness (QED) is 0.628. The van der Waals surface area contributed by atoms with Gasteiger partial charge in [-0.1, -0.05) is 25.1 Å². The Bertz CT molecular complexity index is 1080. The minimum atomic E-state index is -1.14. The van der Waals surface area contributed by atoms with Crippen LogP contribution in [0.25, 0.3) is 0 Å². The maximum Gasteiger partial charge on any atom is 0.239 e. The number of pyridine rings is 1. The van der Waals surface area contributed by atoms with Crippen molar-refractivity contribution in [3.63, 3.8) is 0 Å². The van der Waals surface area contributed by atoms with Crippen molar-refractivity contribution in [3.05, 3.63) is 58.3 Å². The first-order chi connectivity index (χ1) is 15.6. The number of rotatable bonds is 6. The normalized spacial score (nSPS) is 19.6. The molecule has 32 heavy (non-hydrogen) atoms. The number of anilines is 1. The van der Waals surface area contributed by atoms with Gasteiger partial charge in [-0.3, -0.25) is 10.3 Å². The molecule has 0 aliphatic carbocycles. The van der Waals surface area contributed by atoms with E-state index in [4.69, 9.17) is 10.6 Å². The van der Waals surface area contributed by atoms with Crippen molar-refractivity contribution in [2.75, 3.05) is 31.5 Å². The van der Waals surface area contributed by atoms with E-state index >= 15 is 0 Å². The fraction of sp³-hybridized carbons (Fsp3) is 0.391. The third-order valence-electron chi connectivity index (χ3n) is 5.87. The average Bonchev–Trinajstić information content (AvgIpc) is 3.24. The van der Waals surface area contributed by atoms with Crippen molar-refractivity contribution in [2.45, 2.75) is 31.9 Å². The number of nitrogens with zero attached hydrogens (tertiary/aromatic N) is 4. The van der Waals surface area contributed by atoms with Gasteiger partial charge in [-0.05, 0) is 36.5 Å². The third-order valence-corrected chi connectivity index (χ3v) is 5.87. The highest BCUT2D eigenvalue weighted by Gasteiger charge is 2.40. The van der Waals surface area contributed by atoms with E-state index in [1.165, 1.54) is 11.9 Å². The molecule has 3 heterocycles. The van der Waals surface area contributed by atoms with Gasteiger partial charge in [-0.15, -0.1) is 0 Å². The summed E-state index contributed by atoms with van der Waals surface area (Å²) in [5.74, 6) is 0.518. The van der Waals surface area contributed by atoms with Gasteiger partial charge in [0.25, 0.3) is 0 Å². The number of hydrogen-bond donors (Lipinski definition) is 3. The molecular weight excluding hydrogens is 406 g/mol. The number of carbonyl (C=O) groups is 1. The minimum absolute atomic E-state index is 0.0241. The number of hydrogen-bond acceptors (Lipinski definition) is 8. The molecule has 1 amide bonds. The number of nitrogens with two attached hydrogens (primary N) is 1. The highest BCUT2D eigenvalue weighted by Crippen LogP contribution is 2.38. The van der Waals surface area contributed by atoms with Crippen LogP contribution in [-0.2, 0) is 28.2 Å². The fourth-order valence-electron chi connectivity index (χ4n) is 4.12. The molecule has 0 radical (unpaired) electrons. The van der Waals surface area contributed by atoms with E-state index in [1.54, 1.807) is 12.3 Å². The van der Waals surface area contributed by atoms with Gasteiger partial charge in [0, 0.05) is 37.0 Å². The van der Waals surface area contributed by atoms with Crippen LogP contribution in [0, 0.1) is 11.3 Å². The molecule has 0 saturated carbocycles. The number of amides is 1. The second kappa shape index (κ2) is 9.34. The zero-order valence-electron chi connectivity index (χ0n) is 18.1. The Morgan fingerprint density at radius 1 is 1.31 bits per heavy atom. The van der Waals surface area contributed by atoms with Crippen LogP contribution < -0.4 is 16.5 Å². The third kappa shape index (κ3) is 4.02. The van der Waals surface area contributed by atoms with Gasteiger partial charge in [-0.2, -0.15) is 5.26 Å². The maximum absolute atomic E-state index is 12.1. The fourth-order valence-corrected chi connectivity index (χ4v) is 4.12. The first-order valence-corrected chi connectivity index (χ1v) is 10.8. The van der Waals surface area contributed by atoms with Crippen LogP contribution >= 0.6 is 0 Å². The van der Waals surface area contributed by atoms with Crippen molar-refractivity contribution < 1.29 is 9.63 Å². The minimum Gasteiger partial charge on any atom is -0.369 e. The molecule has 4 rings (SSSR count). The molecule has 9 nitrogen and oxygen atoms in total. The van der Waals surface area contributed by atoms with Crippen LogP contribution in [-0.4, -0.2) is 48.3 Å². The van der Waals surface area contributed by atoms with E-state index < -0.39 is 5.72 Å². The molecule has 4 N–H and O–H groups in total. The largest absolute Gasteiger partial charge is 0.369 e. The summed E-state index contributed by atoms with van der Waals surface area (Å²) in [7, 11) is 0. The second-order valence-electron chi connectivity index (χ2n) is 7.85. The Labute approximate surface area is 187 Å². The van der Waals surface area contributed by atoms with Crippen LogP contribution in [0.4, 0.5) is 5.82 Å². The summed E-state index contributed by atoms with van der Waals surface area (Å²) in [6.07, 6.45) is 5.62. The SMILES string of the molecule is CCCNc1ncc(C2(c3ccc4c(c3)CCN(C(=O)CN)CC4)N=CNO2)cc1C#N. The van der Waals surface area contributed by atoms with Crippen LogP contribution in [0.1, 0.15) is 41.2 Å². The molecule has 0 saturated heterocycles. The number of aromatic nitrogens is 1. The van der Waals surface area contributed by atoms with Crippen molar-refractivity contribution in [1.82, 2.24) is 15.4 Å². The van der Waals surface area contributed by atoms with Gasteiger partial charge in [0.1, 0.15) is 18.2 Å². The number of carbonyl (C=O) groups excluding carboxylic acids is 1. The molecule has 2 aliphatic heterocycles. The predicted molar refractivity (Wildman–Crippen MR) is 121 cm³/mol. The van der Waals surface area contributed by atoms with Crippen LogP contribution in [0.2, 0.25) is 0 Å². The van der Waals surface area contributed by atoms with Gasteiger partial charge in [-0.25, -0.2) is 14.8 Å². The summed E-state index contributed by atoms with van der Waals surface area (Å²) in [6.45, 7) is 4.09. The van der Waals surface area contributed by atoms with E-state index in [-0.39, 0.29) is 12.5 Å². The smallest absolute Gasteiger partial charge is 0.239 e. The lowest BCUT2D eigenvalue weighted by atomic mass is 9.91. The first-order valence-electron chi connectivity index (χ1n) is 10.8. The molecule has 0 bridgehead atoms. The molecule has 2 aliphatic rings. The topological polar surface area (TPSA) is 129 Å². The van der Waals surface area contributed by atoms with Crippen molar-refractivity contribution in [2.24, 2.45) is 10.7 Å². The van der Waals surface area contributed by atoms with E-state index in [0.717, 1.165) is 36.9 Å². The highest BCUT2D eigenvalue weighted by atomic mass is 16.7. The summed E-state index contributed by atoms with van der Waals surface area (Å²) < 4.78 is 0. The summed E-state index contributed by atoms with van der Waals surface area (Å²) in [6, 6.07) is 10.1. The zero-order chi connectivity index (χ0) is 22.6. The Morgan fingerprint density at radius 2 is 2.12 bits per heavy atom. The Hall–Kier alpha value is -3.48. The van der Waals surface area contributed by atoms with Gasteiger partial charge < -0.3 is 16.0 Å². The summed E-state index contributed by atoms with van der Waals surface area (Å²) >= 11 is 0. The highest BCUT2D eigenvalue weighted by molar-refractivity contribution is 5.78. The van der Waals surface area contributed by atoms with Crippen molar-refractivity contribution in [3.8, 4) is 6.07 Å². The second-order valence-corrected chi connectivity index (χ2v) is 7.85. The molecular formula is C23H27N7O2. The zero-order valence-corrected chi connectivity index (χ0v) is 18.1. The van der Waals surface area contributed by atoms with Gasteiger partial charge in [0.2, 0.25) is 11.6 Å². The number of nitrogens with one attached hydrogen (secondary N) is 2. The Morgan fingerprint density at radius 3 is 2.81 bits per heavy atom. The van der Waals surface area contributed by atoms with Crippen LogP contribution in [0.3, 0.4) is 0 Å². The number of fused-ring (bicyclic) bond motifs is 1. The van der Waals surface area contributed by atoms with E-state index in [0.29, 0.717) is 30.0 Å². The lowest BCUT2D eigenvalue weighted by molar-refractivity contribution is -0.129. The number of hydroxylamine groups is 1. The first kappa shape index (κ1) is 21.7. The molecule has 1 unspecified atom stereocenters. The molecule has 9 heteroatoms. The van der Waals surface area contributed by atoms with E-state index in [1.807, 2.05) is 11.0 Å². The summed E-state index contributed by atoms with van der Waals surface area (Å²) in [4.78, 5) is 28.8. The molecule has 1 atom stereocenters. The monoisotopic (exact) mass is 433 g/mol. The summed E-state index contributed by atoms with van der Waals surface area (Å²) in [5, 5.41) is 12.8. The van der Waals surface area contributed by atoms with Crippen LogP contribution in [0.5, 0.6) is 0 Å². The van der Waals surface area contributed by atoms with E-state index in [9.17, 15) is 10.1 Å².